The van der Waals surface area contributed by atoms with Crippen LogP contribution in [0, 0.1) is 0 Å². The van der Waals surface area contributed by atoms with E-state index in [1.165, 1.54) is 38.5 Å². The van der Waals surface area contributed by atoms with Crippen LogP contribution in [0.2, 0.25) is 0 Å². The van der Waals surface area contributed by atoms with Crippen molar-refractivity contribution in [3.63, 3.8) is 0 Å². The van der Waals surface area contributed by atoms with E-state index in [1.807, 2.05) is 0 Å². The van der Waals surface area contributed by atoms with Crippen LogP contribution in [-0.4, -0.2) is 23.6 Å². The number of thioether (sulfide) groups is 1. The normalized spacial score (nSPS) is 33.8. The van der Waals surface area contributed by atoms with Crippen LogP contribution in [0.25, 0.3) is 0 Å². The van der Waals surface area contributed by atoms with Gasteiger partial charge in [-0.05, 0) is 31.9 Å². The standard InChI is InChI=1S/C12H21NS/c1-14-12-9-5-4-8-11(12)13-10-6-2-3-7-10/h2-3,10-13H,4-9H2,1H3. The maximum absolute atomic E-state index is 3.84. The van der Waals surface area contributed by atoms with Gasteiger partial charge in [0.2, 0.25) is 0 Å². The molecule has 0 aliphatic heterocycles. The highest BCUT2D eigenvalue weighted by atomic mass is 32.2. The molecule has 0 heterocycles. The average molecular weight is 211 g/mol. The van der Waals surface area contributed by atoms with E-state index in [0.29, 0.717) is 0 Å². The number of rotatable bonds is 3. The van der Waals surface area contributed by atoms with Gasteiger partial charge in [-0.25, -0.2) is 0 Å². The molecule has 0 saturated heterocycles. The fourth-order valence-electron chi connectivity index (χ4n) is 2.63. The summed E-state index contributed by atoms with van der Waals surface area (Å²) < 4.78 is 0. The first-order valence-corrected chi connectivity index (χ1v) is 7.13. The van der Waals surface area contributed by atoms with E-state index in [2.05, 4.69) is 35.5 Å². The van der Waals surface area contributed by atoms with Crippen molar-refractivity contribution in [3.8, 4) is 0 Å². The minimum absolute atomic E-state index is 0.743. The van der Waals surface area contributed by atoms with Gasteiger partial charge in [-0.3, -0.25) is 0 Å². The highest BCUT2D eigenvalue weighted by Gasteiger charge is 2.26. The highest BCUT2D eigenvalue weighted by molar-refractivity contribution is 7.99. The van der Waals surface area contributed by atoms with Crippen molar-refractivity contribution in [2.75, 3.05) is 6.26 Å². The van der Waals surface area contributed by atoms with Gasteiger partial charge in [-0.2, -0.15) is 11.8 Å². The summed E-state index contributed by atoms with van der Waals surface area (Å²) in [6.45, 7) is 0. The summed E-state index contributed by atoms with van der Waals surface area (Å²) >= 11 is 2.05. The maximum Gasteiger partial charge on any atom is 0.0198 e. The summed E-state index contributed by atoms with van der Waals surface area (Å²) in [5.41, 5.74) is 0. The van der Waals surface area contributed by atoms with Crippen molar-refractivity contribution in [2.24, 2.45) is 0 Å². The summed E-state index contributed by atoms with van der Waals surface area (Å²) in [6.07, 6.45) is 15.1. The molecule has 2 aliphatic rings. The second-order valence-electron chi connectivity index (χ2n) is 4.47. The smallest absolute Gasteiger partial charge is 0.0198 e. The molecule has 1 fully saturated rings. The number of hydrogen-bond donors (Lipinski definition) is 1. The van der Waals surface area contributed by atoms with Crippen LogP contribution in [0.15, 0.2) is 12.2 Å². The fourth-order valence-corrected chi connectivity index (χ4v) is 3.57. The SMILES string of the molecule is CSC1CCCCC1NC1CC=CC1. The number of nitrogens with one attached hydrogen (secondary N) is 1. The molecule has 2 aliphatic carbocycles. The van der Waals surface area contributed by atoms with Gasteiger partial charge < -0.3 is 5.32 Å². The molecule has 0 aromatic heterocycles. The van der Waals surface area contributed by atoms with E-state index in [9.17, 15) is 0 Å². The molecule has 0 spiro atoms. The lowest BCUT2D eigenvalue weighted by molar-refractivity contribution is 0.349. The largest absolute Gasteiger partial charge is 0.310 e. The molecule has 0 bridgehead atoms. The Kier molecular flexibility index (Phi) is 3.94. The maximum atomic E-state index is 3.84. The molecule has 2 heteroatoms. The second-order valence-corrected chi connectivity index (χ2v) is 5.55. The molecular formula is C12H21NS. The van der Waals surface area contributed by atoms with Crippen molar-refractivity contribution < 1.29 is 0 Å². The molecule has 1 saturated carbocycles. The molecule has 0 aromatic rings. The zero-order valence-electron chi connectivity index (χ0n) is 9.04. The zero-order valence-corrected chi connectivity index (χ0v) is 9.85. The third-order valence-electron chi connectivity index (χ3n) is 3.46. The topological polar surface area (TPSA) is 12.0 Å². The molecule has 2 rings (SSSR count). The quantitative estimate of drug-likeness (QED) is 0.720. The molecule has 14 heavy (non-hydrogen) atoms. The Labute approximate surface area is 91.7 Å². The first-order chi connectivity index (χ1) is 6.90. The molecule has 2 unspecified atom stereocenters. The summed E-state index contributed by atoms with van der Waals surface area (Å²) in [5, 5.41) is 4.70. The van der Waals surface area contributed by atoms with Crippen molar-refractivity contribution in [3.05, 3.63) is 12.2 Å². The number of hydrogen-bond acceptors (Lipinski definition) is 2. The molecule has 80 valence electrons. The van der Waals surface area contributed by atoms with Gasteiger partial charge in [0.25, 0.3) is 0 Å². The van der Waals surface area contributed by atoms with Gasteiger partial charge in [0.05, 0.1) is 0 Å². The van der Waals surface area contributed by atoms with E-state index >= 15 is 0 Å². The van der Waals surface area contributed by atoms with Gasteiger partial charge in [0.1, 0.15) is 0 Å². The second kappa shape index (κ2) is 5.22. The first kappa shape index (κ1) is 10.6. The molecule has 0 radical (unpaired) electrons. The summed E-state index contributed by atoms with van der Waals surface area (Å²) in [7, 11) is 0. The first-order valence-electron chi connectivity index (χ1n) is 5.84. The van der Waals surface area contributed by atoms with Crippen LogP contribution in [-0.2, 0) is 0 Å². The van der Waals surface area contributed by atoms with Crippen molar-refractivity contribution in [1.29, 1.82) is 0 Å². The minimum atomic E-state index is 0.743. The predicted octanol–water partition coefficient (Wildman–Crippen LogP) is 2.97. The Morgan fingerprint density at radius 3 is 2.57 bits per heavy atom. The fraction of sp³-hybridized carbons (Fsp3) is 0.833. The third kappa shape index (κ3) is 2.54. The Morgan fingerprint density at radius 1 is 1.14 bits per heavy atom. The van der Waals surface area contributed by atoms with Crippen molar-refractivity contribution >= 4 is 11.8 Å². The monoisotopic (exact) mass is 211 g/mol. The lowest BCUT2D eigenvalue weighted by Gasteiger charge is -2.33. The molecule has 1 N–H and O–H groups in total. The van der Waals surface area contributed by atoms with Gasteiger partial charge in [0, 0.05) is 17.3 Å². The molecule has 1 nitrogen and oxygen atoms in total. The van der Waals surface area contributed by atoms with E-state index in [1.54, 1.807) is 0 Å². The summed E-state index contributed by atoms with van der Waals surface area (Å²) in [4.78, 5) is 0. The van der Waals surface area contributed by atoms with Gasteiger partial charge in [0.15, 0.2) is 0 Å². The molecule has 0 amide bonds. The van der Waals surface area contributed by atoms with E-state index < -0.39 is 0 Å². The van der Waals surface area contributed by atoms with Crippen LogP contribution in [0.5, 0.6) is 0 Å². The van der Waals surface area contributed by atoms with Crippen LogP contribution < -0.4 is 5.32 Å². The van der Waals surface area contributed by atoms with Crippen molar-refractivity contribution in [1.82, 2.24) is 5.32 Å². The van der Waals surface area contributed by atoms with Crippen molar-refractivity contribution in [2.45, 2.75) is 55.9 Å². The predicted molar refractivity (Wildman–Crippen MR) is 64.9 cm³/mol. The highest BCUT2D eigenvalue weighted by Crippen LogP contribution is 2.28. The van der Waals surface area contributed by atoms with Gasteiger partial charge in [-0.1, -0.05) is 25.0 Å². The van der Waals surface area contributed by atoms with E-state index in [-0.39, 0.29) is 0 Å². The van der Waals surface area contributed by atoms with Crippen LogP contribution in [0.3, 0.4) is 0 Å². The lowest BCUT2D eigenvalue weighted by Crippen LogP contribution is -2.44. The lowest BCUT2D eigenvalue weighted by atomic mass is 9.94. The summed E-state index contributed by atoms with van der Waals surface area (Å²) in [6, 6.07) is 1.52. The zero-order chi connectivity index (χ0) is 9.80. The van der Waals surface area contributed by atoms with Crippen LogP contribution in [0.1, 0.15) is 38.5 Å². The van der Waals surface area contributed by atoms with Gasteiger partial charge >= 0.3 is 0 Å². The Balaban J connectivity index is 1.81. The molecule has 2 atom stereocenters. The molecular weight excluding hydrogens is 190 g/mol. The van der Waals surface area contributed by atoms with Crippen LogP contribution >= 0.6 is 11.8 Å². The van der Waals surface area contributed by atoms with Gasteiger partial charge in [-0.15, -0.1) is 0 Å². The third-order valence-corrected chi connectivity index (χ3v) is 4.63. The Bertz CT molecular complexity index is 194. The average Bonchev–Trinajstić information content (AvgIpc) is 2.71. The Morgan fingerprint density at radius 2 is 1.86 bits per heavy atom. The molecule has 0 aromatic carbocycles. The minimum Gasteiger partial charge on any atom is -0.310 e. The summed E-state index contributed by atoms with van der Waals surface area (Å²) in [5.74, 6) is 0. The van der Waals surface area contributed by atoms with E-state index in [0.717, 1.165) is 17.3 Å². The Hall–Kier alpha value is 0.0500. The van der Waals surface area contributed by atoms with Crippen LogP contribution in [0.4, 0.5) is 0 Å². The van der Waals surface area contributed by atoms with E-state index in [4.69, 9.17) is 0 Å².